The number of hydrogen-bond donors (Lipinski definition) is 1. The van der Waals surface area contributed by atoms with Crippen LogP contribution in [-0.2, 0) is 0 Å². The van der Waals surface area contributed by atoms with Gasteiger partial charge in [-0.05, 0) is 5.18 Å². The van der Waals surface area contributed by atoms with Crippen molar-refractivity contribution in [2.75, 3.05) is 5.73 Å². The minimum Gasteiger partial charge on any atom is -0.382 e. The monoisotopic (exact) mass is 191 g/mol. The number of nitrogens with two attached hydrogens (primary N) is 1. The van der Waals surface area contributed by atoms with Gasteiger partial charge in [-0.15, -0.1) is 4.91 Å². The highest BCUT2D eigenvalue weighted by Crippen LogP contribution is 2.34. The smallest absolute Gasteiger partial charge is 0.170 e. The first-order valence-electron chi connectivity index (χ1n) is 2.59. The number of aromatic nitrogens is 1. The second kappa shape index (κ2) is 3.02. The van der Waals surface area contributed by atoms with E-state index in [-0.39, 0.29) is 21.6 Å². The summed E-state index contributed by atoms with van der Waals surface area (Å²) >= 11 is 11.1. The summed E-state index contributed by atoms with van der Waals surface area (Å²) < 4.78 is 0. The van der Waals surface area contributed by atoms with Crippen LogP contribution in [0.25, 0.3) is 0 Å². The van der Waals surface area contributed by atoms with Gasteiger partial charge in [-0.3, -0.25) is 0 Å². The van der Waals surface area contributed by atoms with E-state index in [1.165, 1.54) is 6.20 Å². The number of anilines is 1. The van der Waals surface area contributed by atoms with E-state index in [1.807, 2.05) is 0 Å². The van der Waals surface area contributed by atoms with Crippen molar-refractivity contribution in [3.05, 3.63) is 21.1 Å². The molecule has 1 rings (SSSR count). The summed E-state index contributed by atoms with van der Waals surface area (Å²) in [5.41, 5.74) is 5.14. The molecule has 0 amide bonds. The number of halogens is 2. The van der Waals surface area contributed by atoms with Crippen molar-refractivity contribution < 1.29 is 0 Å². The summed E-state index contributed by atoms with van der Waals surface area (Å²) in [6.07, 6.45) is 1.26. The zero-order chi connectivity index (χ0) is 8.43. The lowest BCUT2D eigenvalue weighted by atomic mass is 10.4. The summed E-state index contributed by atoms with van der Waals surface area (Å²) in [6.45, 7) is 0. The van der Waals surface area contributed by atoms with E-state index in [0.29, 0.717) is 0 Å². The van der Waals surface area contributed by atoms with Gasteiger partial charge in [-0.1, -0.05) is 23.2 Å². The van der Waals surface area contributed by atoms with Gasteiger partial charge in [0, 0.05) is 6.20 Å². The second-order valence-electron chi connectivity index (χ2n) is 1.75. The first-order valence-corrected chi connectivity index (χ1v) is 3.35. The molecule has 0 spiro atoms. The maximum atomic E-state index is 10.1. The van der Waals surface area contributed by atoms with Crippen molar-refractivity contribution in [1.29, 1.82) is 0 Å². The number of pyridine rings is 1. The zero-order valence-corrected chi connectivity index (χ0v) is 6.73. The number of rotatable bonds is 1. The normalized spacial score (nSPS) is 9.64. The van der Waals surface area contributed by atoms with Crippen LogP contribution in [0.1, 0.15) is 0 Å². The molecule has 2 N–H and O–H groups in total. The van der Waals surface area contributed by atoms with E-state index in [0.717, 1.165) is 0 Å². The van der Waals surface area contributed by atoms with Gasteiger partial charge in [0.15, 0.2) is 11.5 Å². The van der Waals surface area contributed by atoms with Crippen LogP contribution in [0.15, 0.2) is 11.4 Å². The van der Waals surface area contributed by atoms with Crippen molar-refractivity contribution in [1.82, 2.24) is 4.98 Å². The van der Waals surface area contributed by atoms with Gasteiger partial charge in [-0.25, -0.2) is 4.98 Å². The Morgan fingerprint density at radius 1 is 1.55 bits per heavy atom. The molecule has 0 fully saturated rings. The Morgan fingerprint density at radius 2 is 2.18 bits per heavy atom. The lowest BCUT2D eigenvalue weighted by Gasteiger charge is -1.98. The average Bonchev–Trinajstić information content (AvgIpc) is 1.99. The standard InChI is InChI=1S/C5H3Cl2N3O/c6-2-1-9-5(8)4(10-11)3(2)7/h1H,(H2,8,9). The third-order valence-corrected chi connectivity index (χ3v) is 1.83. The average molecular weight is 192 g/mol. The van der Waals surface area contributed by atoms with Crippen molar-refractivity contribution >= 4 is 34.7 Å². The van der Waals surface area contributed by atoms with Gasteiger partial charge >= 0.3 is 0 Å². The van der Waals surface area contributed by atoms with E-state index in [9.17, 15) is 4.91 Å². The summed E-state index contributed by atoms with van der Waals surface area (Å²) in [7, 11) is 0. The predicted octanol–water partition coefficient (Wildman–Crippen LogP) is 2.37. The molecule has 0 aliphatic carbocycles. The van der Waals surface area contributed by atoms with Crippen molar-refractivity contribution in [2.24, 2.45) is 5.18 Å². The molecule has 0 aliphatic rings. The molecule has 6 heteroatoms. The quantitative estimate of drug-likeness (QED) is 0.694. The first kappa shape index (κ1) is 8.23. The number of nitroso groups, excluding NO2 is 1. The molecule has 58 valence electrons. The summed E-state index contributed by atoms with van der Waals surface area (Å²) in [5.74, 6) is -0.0191. The van der Waals surface area contributed by atoms with Gasteiger partial charge in [-0.2, -0.15) is 0 Å². The molecule has 0 radical (unpaired) electrons. The minimum atomic E-state index is -0.112. The van der Waals surface area contributed by atoms with Crippen LogP contribution in [0.3, 0.4) is 0 Å². The molecule has 1 aromatic heterocycles. The van der Waals surface area contributed by atoms with Gasteiger partial charge in [0.05, 0.1) is 10.0 Å². The van der Waals surface area contributed by atoms with Gasteiger partial charge in [0.1, 0.15) is 0 Å². The third kappa shape index (κ3) is 1.41. The number of nitrogens with zero attached hydrogens (tertiary/aromatic N) is 2. The predicted molar refractivity (Wildman–Crippen MR) is 44.1 cm³/mol. The SMILES string of the molecule is Nc1ncc(Cl)c(Cl)c1N=O. The Hall–Kier alpha value is -0.870. The molecular formula is C5H3Cl2N3O. The van der Waals surface area contributed by atoms with Crippen LogP contribution in [0.2, 0.25) is 10.0 Å². The lowest BCUT2D eigenvalue weighted by molar-refractivity contribution is 1.31. The van der Waals surface area contributed by atoms with Crippen LogP contribution >= 0.6 is 23.2 Å². The third-order valence-electron chi connectivity index (χ3n) is 1.07. The molecule has 0 saturated carbocycles. The van der Waals surface area contributed by atoms with Crippen molar-refractivity contribution in [3.8, 4) is 0 Å². The van der Waals surface area contributed by atoms with Gasteiger partial charge in [0.25, 0.3) is 0 Å². The molecular weight excluding hydrogens is 189 g/mol. The summed E-state index contributed by atoms with van der Waals surface area (Å²) in [6, 6.07) is 0. The van der Waals surface area contributed by atoms with Crippen LogP contribution in [0.4, 0.5) is 11.5 Å². The Balaban J connectivity index is 3.40. The molecule has 0 atom stereocenters. The zero-order valence-electron chi connectivity index (χ0n) is 5.21. The lowest BCUT2D eigenvalue weighted by Crippen LogP contribution is -1.90. The first-order chi connectivity index (χ1) is 5.16. The van der Waals surface area contributed by atoms with Crippen LogP contribution in [0.5, 0.6) is 0 Å². The molecule has 11 heavy (non-hydrogen) atoms. The van der Waals surface area contributed by atoms with E-state index in [1.54, 1.807) is 0 Å². The Bertz CT molecular complexity index is 302. The summed E-state index contributed by atoms with van der Waals surface area (Å²) in [5, 5.41) is 2.78. The van der Waals surface area contributed by atoms with E-state index in [2.05, 4.69) is 10.2 Å². The van der Waals surface area contributed by atoms with E-state index >= 15 is 0 Å². The largest absolute Gasteiger partial charge is 0.382 e. The van der Waals surface area contributed by atoms with Gasteiger partial charge < -0.3 is 5.73 Å². The fraction of sp³-hybridized carbons (Fsp3) is 0. The second-order valence-corrected chi connectivity index (χ2v) is 2.53. The molecule has 0 bridgehead atoms. The minimum absolute atomic E-state index is 0.0191. The Labute approximate surface area is 72.3 Å². The van der Waals surface area contributed by atoms with Crippen LogP contribution in [-0.4, -0.2) is 4.98 Å². The maximum absolute atomic E-state index is 10.1. The van der Waals surface area contributed by atoms with Crippen molar-refractivity contribution in [3.63, 3.8) is 0 Å². The molecule has 0 unspecified atom stereocenters. The molecule has 1 aromatic rings. The highest BCUT2D eigenvalue weighted by Gasteiger charge is 2.09. The molecule has 1 heterocycles. The van der Waals surface area contributed by atoms with Crippen LogP contribution in [0, 0.1) is 4.91 Å². The molecule has 0 aliphatic heterocycles. The van der Waals surface area contributed by atoms with Crippen molar-refractivity contribution in [2.45, 2.75) is 0 Å². The van der Waals surface area contributed by atoms with E-state index in [4.69, 9.17) is 28.9 Å². The topological polar surface area (TPSA) is 68.3 Å². The van der Waals surface area contributed by atoms with Gasteiger partial charge in [0.2, 0.25) is 0 Å². The highest BCUT2D eigenvalue weighted by molar-refractivity contribution is 6.43. The molecule has 0 saturated heterocycles. The summed E-state index contributed by atoms with van der Waals surface area (Å²) in [4.78, 5) is 13.7. The maximum Gasteiger partial charge on any atom is 0.170 e. The number of nitrogen functional groups attached to an aromatic ring is 1. The fourth-order valence-corrected chi connectivity index (χ4v) is 0.875. The molecule has 4 nitrogen and oxygen atoms in total. The number of hydrogen-bond acceptors (Lipinski definition) is 4. The van der Waals surface area contributed by atoms with Crippen LogP contribution < -0.4 is 5.73 Å². The van der Waals surface area contributed by atoms with E-state index < -0.39 is 0 Å². The Morgan fingerprint density at radius 3 is 2.64 bits per heavy atom. The Kier molecular flexibility index (Phi) is 2.26. The fourth-order valence-electron chi connectivity index (χ4n) is 0.556. The molecule has 0 aromatic carbocycles. The highest BCUT2D eigenvalue weighted by atomic mass is 35.5.